The van der Waals surface area contributed by atoms with Gasteiger partial charge in [-0.05, 0) is 31.4 Å². The number of rotatable bonds is 3. The Balaban J connectivity index is 4.32. The molecule has 1 heteroatoms. The van der Waals surface area contributed by atoms with Crippen LogP contribution in [0.2, 0.25) is 0 Å². The zero-order chi connectivity index (χ0) is 9.56. The van der Waals surface area contributed by atoms with Gasteiger partial charge in [0.1, 0.15) is 0 Å². The average molecular weight is 185 g/mol. The van der Waals surface area contributed by atoms with Crippen LogP contribution in [0, 0.1) is 5.92 Å². The van der Waals surface area contributed by atoms with Gasteiger partial charge in [0.15, 0.2) is 0 Å². The minimum atomic E-state index is 0.563. The summed E-state index contributed by atoms with van der Waals surface area (Å²) >= 11 is 5.82. The molecule has 0 rings (SSSR count). The molecule has 0 aromatic carbocycles. The highest BCUT2D eigenvalue weighted by Crippen LogP contribution is 2.13. The van der Waals surface area contributed by atoms with Gasteiger partial charge < -0.3 is 0 Å². The van der Waals surface area contributed by atoms with E-state index < -0.39 is 0 Å². The molecule has 0 N–H and O–H groups in total. The Kier molecular flexibility index (Phi) is 5.83. The fraction of sp³-hybridized carbons (Fsp3) is 0.455. The summed E-state index contributed by atoms with van der Waals surface area (Å²) in [4.78, 5) is 0. The summed E-state index contributed by atoms with van der Waals surface area (Å²) in [6.45, 7) is 8.31. The van der Waals surface area contributed by atoms with Crippen LogP contribution in [0.25, 0.3) is 0 Å². The molecular formula is C11H17Cl. The molecule has 0 aromatic rings. The van der Waals surface area contributed by atoms with Crippen LogP contribution < -0.4 is 0 Å². The largest absolute Gasteiger partial charge is 0.0847 e. The van der Waals surface area contributed by atoms with Crippen LogP contribution in [0.5, 0.6) is 0 Å². The lowest BCUT2D eigenvalue weighted by atomic mass is 10.0. The third kappa shape index (κ3) is 4.40. The summed E-state index contributed by atoms with van der Waals surface area (Å²) in [5.41, 5.74) is 1.31. The van der Waals surface area contributed by atoms with Gasteiger partial charge in [-0.15, -0.1) is 0 Å². The van der Waals surface area contributed by atoms with Crippen molar-refractivity contribution < 1.29 is 0 Å². The fourth-order valence-electron chi connectivity index (χ4n) is 0.894. The molecule has 0 unspecified atom stereocenters. The molecule has 0 nitrogen and oxygen atoms in total. The molecule has 0 amide bonds. The maximum Gasteiger partial charge on any atom is 0.0363 e. The number of hydrogen-bond donors (Lipinski definition) is 0. The summed E-state index contributed by atoms with van der Waals surface area (Å²) < 4.78 is 0. The Hall–Kier alpha value is -0.490. The third-order valence-corrected chi connectivity index (χ3v) is 2.05. The minimum Gasteiger partial charge on any atom is -0.0847 e. The predicted octanol–water partition coefficient (Wildman–Crippen LogP) is 4.29. The quantitative estimate of drug-likeness (QED) is 0.575. The van der Waals surface area contributed by atoms with Gasteiger partial charge in [0.05, 0.1) is 0 Å². The number of halogens is 1. The van der Waals surface area contributed by atoms with Crippen LogP contribution in [-0.2, 0) is 0 Å². The highest BCUT2D eigenvalue weighted by atomic mass is 35.5. The summed E-state index contributed by atoms with van der Waals surface area (Å²) in [6, 6.07) is 0. The molecular weight excluding hydrogens is 168 g/mol. The predicted molar refractivity (Wildman–Crippen MR) is 57.3 cm³/mol. The van der Waals surface area contributed by atoms with Crippen molar-refractivity contribution in [2.75, 3.05) is 0 Å². The molecule has 0 aromatic heterocycles. The van der Waals surface area contributed by atoms with Crippen molar-refractivity contribution in [1.82, 2.24) is 0 Å². The SMILES string of the molecule is CC=C(Cl)/C=C\C(=C/C)C(C)C. The molecule has 0 aliphatic rings. The Morgan fingerprint density at radius 1 is 1.08 bits per heavy atom. The van der Waals surface area contributed by atoms with E-state index >= 15 is 0 Å². The van der Waals surface area contributed by atoms with Crippen molar-refractivity contribution in [3.05, 3.63) is 34.9 Å². The first kappa shape index (κ1) is 11.5. The molecule has 0 aliphatic heterocycles. The van der Waals surface area contributed by atoms with Crippen molar-refractivity contribution in [2.45, 2.75) is 27.7 Å². The monoisotopic (exact) mass is 184 g/mol. The summed E-state index contributed by atoms with van der Waals surface area (Å²) in [5.74, 6) is 0.563. The van der Waals surface area contributed by atoms with Gasteiger partial charge >= 0.3 is 0 Å². The molecule has 0 spiro atoms. The van der Waals surface area contributed by atoms with Crippen molar-refractivity contribution >= 4 is 11.6 Å². The first-order chi connectivity index (χ1) is 5.61. The molecule has 0 fully saturated rings. The molecule has 0 saturated carbocycles. The zero-order valence-corrected chi connectivity index (χ0v) is 9.02. The van der Waals surface area contributed by atoms with E-state index in [1.807, 2.05) is 26.0 Å². The number of allylic oxidation sites excluding steroid dienone is 6. The molecule has 68 valence electrons. The van der Waals surface area contributed by atoms with E-state index in [4.69, 9.17) is 11.6 Å². The topological polar surface area (TPSA) is 0 Å². The second-order valence-electron chi connectivity index (χ2n) is 2.95. The Bertz CT molecular complexity index is 207. The Morgan fingerprint density at radius 2 is 1.67 bits per heavy atom. The third-order valence-electron chi connectivity index (χ3n) is 1.71. The number of hydrogen-bond acceptors (Lipinski definition) is 0. The maximum absolute atomic E-state index is 5.82. The zero-order valence-electron chi connectivity index (χ0n) is 8.26. The van der Waals surface area contributed by atoms with E-state index in [0.29, 0.717) is 5.92 Å². The minimum absolute atomic E-state index is 0.563. The summed E-state index contributed by atoms with van der Waals surface area (Å²) in [7, 11) is 0. The van der Waals surface area contributed by atoms with E-state index in [9.17, 15) is 0 Å². The van der Waals surface area contributed by atoms with Gasteiger partial charge in [-0.1, -0.05) is 43.7 Å². The van der Waals surface area contributed by atoms with E-state index in [0.717, 1.165) is 5.03 Å². The Labute approximate surface area is 80.6 Å². The van der Waals surface area contributed by atoms with Crippen molar-refractivity contribution in [3.8, 4) is 0 Å². The van der Waals surface area contributed by atoms with Gasteiger partial charge in [0, 0.05) is 5.03 Å². The standard InChI is InChI=1S/C11H17Cl/c1-5-10(9(3)4)7-8-11(12)6-2/h5-9H,1-4H3/b8-7-,10-5+,11-6?. The van der Waals surface area contributed by atoms with Crippen LogP contribution in [0.3, 0.4) is 0 Å². The van der Waals surface area contributed by atoms with Crippen molar-refractivity contribution in [2.24, 2.45) is 5.92 Å². The normalized spacial score (nSPS) is 14.8. The second kappa shape index (κ2) is 6.07. The summed E-state index contributed by atoms with van der Waals surface area (Å²) in [6.07, 6.45) is 7.98. The highest BCUT2D eigenvalue weighted by Gasteiger charge is 1.96. The van der Waals surface area contributed by atoms with Crippen LogP contribution in [0.1, 0.15) is 27.7 Å². The van der Waals surface area contributed by atoms with Crippen LogP contribution in [-0.4, -0.2) is 0 Å². The van der Waals surface area contributed by atoms with Crippen LogP contribution >= 0.6 is 11.6 Å². The fourth-order valence-corrected chi connectivity index (χ4v) is 0.957. The highest BCUT2D eigenvalue weighted by molar-refractivity contribution is 6.31. The average Bonchev–Trinajstić information content (AvgIpc) is 2.04. The van der Waals surface area contributed by atoms with Gasteiger partial charge in [-0.25, -0.2) is 0 Å². The first-order valence-corrected chi connectivity index (χ1v) is 4.65. The van der Waals surface area contributed by atoms with E-state index in [1.165, 1.54) is 5.57 Å². The van der Waals surface area contributed by atoms with E-state index in [-0.39, 0.29) is 0 Å². The lowest BCUT2D eigenvalue weighted by Gasteiger charge is -2.04. The lowest BCUT2D eigenvalue weighted by molar-refractivity contribution is 0.789. The van der Waals surface area contributed by atoms with Gasteiger partial charge in [-0.3, -0.25) is 0 Å². The molecule has 0 heterocycles. The summed E-state index contributed by atoms with van der Waals surface area (Å²) in [5, 5.41) is 0.787. The molecule has 0 saturated heterocycles. The molecule has 0 radical (unpaired) electrons. The molecule has 12 heavy (non-hydrogen) atoms. The van der Waals surface area contributed by atoms with Gasteiger partial charge in [-0.2, -0.15) is 0 Å². The van der Waals surface area contributed by atoms with Crippen molar-refractivity contribution in [1.29, 1.82) is 0 Å². The molecule has 0 aliphatic carbocycles. The smallest absolute Gasteiger partial charge is 0.0363 e. The van der Waals surface area contributed by atoms with Gasteiger partial charge in [0.2, 0.25) is 0 Å². The Morgan fingerprint density at radius 3 is 2.00 bits per heavy atom. The van der Waals surface area contributed by atoms with Crippen LogP contribution in [0.4, 0.5) is 0 Å². The second-order valence-corrected chi connectivity index (χ2v) is 3.39. The molecule has 0 bridgehead atoms. The van der Waals surface area contributed by atoms with Crippen LogP contribution in [0.15, 0.2) is 34.9 Å². The lowest BCUT2D eigenvalue weighted by Crippen LogP contribution is -1.88. The maximum atomic E-state index is 5.82. The van der Waals surface area contributed by atoms with Gasteiger partial charge in [0.25, 0.3) is 0 Å². The van der Waals surface area contributed by atoms with E-state index in [1.54, 1.807) is 0 Å². The van der Waals surface area contributed by atoms with E-state index in [2.05, 4.69) is 26.0 Å². The van der Waals surface area contributed by atoms with Crippen molar-refractivity contribution in [3.63, 3.8) is 0 Å². The molecule has 0 atom stereocenters. The first-order valence-electron chi connectivity index (χ1n) is 4.28.